The number of hydrogen-bond acceptors (Lipinski definition) is 6. The predicted molar refractivity (Wildman–Crippen MR) is 138 cm³/mol. The number of carbonyl (C=O) groups is 1. The molecule has 5 rings (SSSR count). The summed E-state index contributed by atoms with van der Waals surface area (Å²) in [7, 11) is 0. The van der Waals surface area contributed by atoms with Gasteiger partial charge in [0, 0.05) is 10.6 Å². The van der Waals surface area contributed by atoms with E-state index in [2.05, 4.69) is 15.4 Å². The highest BCUT2D eigenvalue weighted by molar-refractivity contribution is 7.98. The normalized spacial score (nSPS) is 11.2. The minimum Gasteiger partial charge on any atom is -0.436 e. The van der Waals surface area contributed by atoms with Crippen molar-refractivity contribution in [2.24, 2.45) is 0 Å². The van der Waals surface area contributed by atoms with E-state index >= 15 is 0 Å². The molecule has 2 aromatic heterocycles. The third-order valence-electron chi connectivity index (χ3n) is 5.78. The van der Waals surface area contributed by atoms with Gasteiger partial charge in [0.25, 0.3) is 5.88 Å². The van der Waals surface area contributed by atoms with Gasteiger partial charge in [-0.25, -0.2) is 18.9 Å². The van der Waals surface area contributed by atoms with Crippen molar-refractivity contribution in [3.63, 3.8) is 0 Å². The average molecular weight is 486 g/mol. The molecule has 0 spiro atoms. The first kappa shape index (κ1) is 22.7. The van der Waals surface area contributed by atoms with Crippen LogP contribution >= 0.6 is 11.8 Å². The number of fused-ring (bicyclic) bond motifs is 3. The Hall–Kier alpha value is -4.11. The van der Waals surface area contributed by atoms with Crippen LogP contribution in [0.2, 0.25) is 0 Å². The Labute approximate surface area is 205 Å². The Morgan fingerprint density at radius 3 is 2.69 bits per heavy atom. The third-order valence-corrected chi connectivity index (χ3v) is 6.51. The molecule has 0 aliphatic rings. The van der Waals surface area contributed by atoms with Crippen molar-refractivity contribution in [2.45, 2.75) is 25.3 Å². The minimum absolute atomic E-state index is 0.196. The fourth-order valence-corrected chi connectivity index (χ4v) is 4.28. The Bertz CT molecular complexity index is 1640. The molecule has 2 heterocycles. The number of anilines is 1. The topological polar surface area (TPSA) is 90.5 Å². The molecule has 1 N–H and O–H groups in total. The number of aryl methyl sites for hydroxylation is 1. The Balaban J connectivity index is 1.56. The summed E-state index contributed by atoms with van der Waals surface area (Å²) >= 11 is 1.58. The fourth-order valence-electron chi connectivity index (χ4n) is 3.82. The molecule has 9 heteroatoms. The molecular formula is C26H23N5O3S. The summed E-state index contributed by atoms with van der Waals surface area (Å²) in [6.45, 7) is 3.71. The van der Waals surface area contributed by atoms with Gasteiger partial charge in [0.1, 0.15) is 12.3 Å². The summed E-state index contributed by atoms with van der Waals surface area (Å²) in [5.41, 5.74) is 3.66. The number of hydrogen-bond donors (Lipinski definition) is 1. The highest BCUT2D eigenvalue weighted by atomic mass is 32.2. The van der Waals surface area contributed by atoms with Crippen LogP contribution < -0.4 is 15.7 Å². The number of nitrogens with zero attached hydrogens (tertiary/aromatic N) is 4. The molecule has 0 radical (unpaired) electrons. The van der Waals surface area contributed by atoms with Crippen molar-refractivity contribution in [2.75, 3.05) is 11.6 Å². The minimum atomic E-state index is -0.447. The van der Waals surface area contributed by atoms with Gasteiger partial charge in [-0.2, -0.15) is 0 Å². The SMILES string of the molecule is CSc1cccc(NC(=O)Cn2nc3c(Oc4cccc(C)c4C)nc4ccccc4n3c2=O)c1. The Morgan fingerprint density at radius 2 is 1.86 bits per heavy atom. The maximum absolute atomic E-state index is 13.4. The van der Waals surface area contributed by atoms with Gasteiger partial charge >= 0.3 is 5.69 Å². The second-order valence-electron chi connectivity index (χ2n) is 8.09. The lowest BCUT2D eigenvalue weighted by molar-refractivity contribution is -0.117. The number of para-hydroxylation sites is 2. The summed E-state index contributed by atoms with van der Waals surface area (Å²) in [4.78, 5) is 31.8. The van der Waals surface area contributed by atoms with Gasteiger partial charge in [-0.05, 0) is 67.6 Å². The van der Waals surface area contributed by atoms with Crippen LogP contribution in [0.15, 0.2) is 76.4 Å². The number of ether oxygens (including phenoxy) is 1. The molecule has 0 saturated carbocycles. The van der Waals surface area contributed by atoms with Crippen LogP contribution in [0, 0.1) is 13.8 Å². The predicted octanol–water partition coefficient (Wildman–Crippen LogP) is 4.81. The first-order valence-electron chi connectivity index (χ1n) is 11.0. The van der Waals surface area contributed by atoms with E-state index in [-0.39, 0.29) is 24.0 Å². The van der Waals surface area contributed by atoms with Gasteiger partial charge in [0.2, 0.25) is 11.6 Å². The van der Waals surface area contributed by atoms with Crippen LogP contribution in [0.4, 0.5) is 5.69 Å². The zero-order chi connectivity index (χ0) is 24.5. The summed E-state index contributed by atoms with van der Waals surface area (Å²) in [6.07, 6.45) is 1.97. The number of rotatable bonds is 6. The van der Waals surface area contributed by atoms with E-state index < -0.39 is 5.69 Å². The quantitative estimate of drug-likeness (QED) is 0.347. The molecule has 0 aliphatic carbocycles. The molecule has 1 amide bonds. The monoisotopic (exact) mass is 485 g/mol. The van der Waals surface area contributed by atoms with Crippen molar-refractivity contribution >= 4 is 40.0 Å². The highest BCUT2D eigenvalue weighted by Gasteiger charge is 2.19. The number of aromatic nitrogens is 4. The molecule has 0 fully saturated rings. The lowest BCUT2D eigenvalue weighted by atomic mass is 10.1. The molecule has 35 heavy (non-hydrogen) atoms. The molecule has 0 aliphatic heterocycles. The molecule has 0 saturated heterocycles. The van der Waals surface area contributed by atoms with E-state index in [9.17, 15) is 9.59 Å². The number of nitrogens with one attached hydrogen (secondary N) is 1. The standard InChI is InChI=1S/C26H23N5O3S/c1-16-8-6-13-22(17(16)2)34-25-24-29-30(15-23(32)27-18-9-7-10-19(14-18)35-3)26(33)31(24)21-12-5-4-11-20(21)28-25/h4-14H,15H2,1-3H3,(H,27,32). The van der Waals surface area contributed by atoms with Crippen LogP contribution in [-0.2, 0) is 11.3 Å². The van der Waals surface area contributed by atoms with E-state index in [1.165, 1.54) is 4.40 Å². The Kier molecular flexibility index (Phi) is 6.00. The van der Waals surface area contributed by atoms with Gasteiger partial charge in [-0.15, -0.1) is 16.9 Å². The lowest BCUT2D eigenvalue weighted by Crippen LogP contribution is -2.28. The molecule has 176 valence electrons. The summed E-state index contributed by atoms with van der Waals surface area (Å²) in [5.74, 6) is 0.465. The number of benzene rings is 3. The molecule has 0 unspecified atom stereocenters. The Morgan fingerprint density at radius 1 is 1.06 bits per heavy atom. The van der Waals surface area contributed by atoms with E-state index in [1.807, 2.05) is 68.6 Å². The number of carbonyl (C=O) groups excluding carboxylic acids is 1. The fraction of sp³-hybridized carbons (Fsp3) is 0.154. The van der Waals surface area contributed by atoms with Crippen molar-refractivity contribution in [1.29, 1.82) is 0 Å². The smallest absolute Gasteiger partial charge is 0.351 e. The summed E-state index contributed by atoms with van der Waals surface area (Å²) in [6, 6.07) is 20.5. The molecule has 8 nitrogen and oxygen atoms in total. The van der Waals surface area contributed by atoms with E-state index in [4.69, 9.17) is 4.74 Å². The van der Waals surface area contributed by atoms with Crippen molar-refractivity contribution in [3.05, 3.63) is 88.3 Å². The first-order chi connectivity index (χ1) is 16.9. The van der Waals surface area contributed by atoms with Crippen molar-refractivity contribution < 1.29 is 9.53 Å². The van der Waals surface area contributed by atoms with Crippen LogP contribution in [0.1, 0.15) is 11.1 Å². The number of amides is 1. The van der Waals surface area contributed by atoms with Gasteiger partial charge in [-0.1, -0.05) is 30.3 Å². The van der Waals surface area contributed by atoms with Gasteiger partial charge < -0.3 is 10.1 Å². The summed E-state index contributed by atoms with van der Waals surface area (Å²) < 4.78 is 8.72. The first-order valence-corrected chi connectivity index (χ1v) is 12.2. The maximum Gasteiger partial charge on any atom is 0.351 e. The van der Waals surface area contributed by atoms with Gasteiger partial charge in [0.15, 0.2) is 0 Å². The van der Waals surface area contributed by atoms with E-state index in [1.54, 1.807) is 30.0 Å². The molecule has 0 atom stereocenters. The van der Waals surface area contributed by atoms with Crippen LogP contribution in [0.3, 0.4) is 0 Å². The zero-order valence-corrected chi connectivity index (χ0v) is 20.3. The van der Waals surface area contributed by atoms with Crippen molar-refractivity contribution in [1.82, 2.24) is 19.2 Å². The largest absolute Gasteiger partial charge is 0.436 e. The average Bonchev–Trinajstić information content (AvgIpc) is 3.18. The number of thioether (sulfide) groups is 1. The summed E-state index contributed by atoms with van der Waals surface area (Å²) in [5, 5.41) is 7.27. The molecule has 3 aromatic carbocycles. The second kappa shape index (κ2) is 9.27. The van der Waals surface area contributed by atoms with Crippen LogP contribution in [0.25, 0.3) is 16.7 Å². The lowest BCUT2D eigenvalue weighted by Gasteiger charge is -2.11. The van der Waals surface area contributed by atoms with Gasteiger partial charge in [0.05, 0.1) is 11.0 Å². The third kappa shape index (κ3) is 4.38. The second-order valence-corrected chi connectivity index (χ2v) is 8.96. The van der Waals surface area contributed by atoms with E-state index in [0.29, 0.717) is 22.5 Å². The molecule has 5 aromatic rings. The molecule has 0 bridgehead atoms. The van der Waals surface area contributed by atoms with Crippen molar-refractivity contribution in [3.8, 4) is 11.6 Å². The maximum atomic E-state index is 13.4. The zero-order valence-electron chi connectivity index (χ0n) is 19.5. The van der Waals surface area contributed by atoms with E-state index in [0.717, 1.165) is 20.7 Å². The van der Waals surface area contributed by atoms with Crippen LogP contribution in [-0.4, -0.2) is 31.3 Å². The molecular weight excluding hydrogens is 462 g/mol. The van der Waals surface area contributed by atoms with Gasteiger partial charge in [-0.3, -0.25) is 4.79 Å². The van der Waals surface area contributed by atoms with Crippen LogP contribution in [0.5, 0.6) is 11.6 Å². The highest BCUT2D eigenvalue weighted by Crippen LogP contribution is 2.29.